The molecule has 0 aromatic carbocycles. The van der Waals surface area contributed by atoms with Crippen molar-refractivity contribution in [1.29, 1.82) is 0 Å². The molecule has 3 nitrogen and oxygen atoms in total. The van der Waals surface area contributed by atoms with Crippen LogP contribution in [0.3, 0.4) is 0 Å². The van der Waals surface area contributed by atoms with E-state index in [1.807, 2.05) is 0 Å². The summed E-state index contributed by atoms with van der Waals surface area (Å²) in [4.78, 5) is 11.0. The van der Waals surface area contributed by atoms with E-state index in [1.165, 1.54) is 7.05 Å². The average Bonchev–Trinajstić information content (AvgIpc) is 2.01. The molecule has 0 aromatic rings. The van der Waals surface area contributed by atoms with Crippen LogP contribution in [0.15, 0.2) is 0 Å². The zero-order valence-corrected chi connectivity index (χ0v) is 8.15. The van der Waals surface area contributed by atoms with Crippen LogP contribution < -0.4 is 5.32 Å². The SMILES string of the molecule is CCOC(=O)C(CNC)CC(F)(F)F. The molecule has 0 saturated carbocycles. The minimum Gasteiger partial charge on any atom is -0.466 e. The minimum absolute atomic E-state index is 0.0294. The van der Waals surface area contributed by atoms with Crippen molar-refractivity contribution in [2.45, 2.75) is 19.5 Å². The summed E-state index contributed by atoms with van der Waals surface area (Å²) in [5, 5.41) is 2.53. The van der Waals surface area contributed by atoms with Crippen molar-refractivity contribution in [3.8, 4) is 0 Å². The van der Waals surface area contributed by atoms with E-state index in [0.717, 1.165) is 0 Å². The molecule has 0 aliphatic rings. The quantitative estimate of drug-likeness (QED) is 0.700. The number of alkyl halides is 3. The lowest BCUT2D eigenvalue weighted by molar-refractivity contribution is -0.167. The van der Waals surface area contributed by atoms with Crippen LogP contribution in [0, 0.1) is 5.92 Å². The molecule has 1 unspecified atom stereocenters. The molecule has 0 radical (unpaired) electrons. The van der Waals surface area contributed by atoms with Crippen LogP contribution in [0.1, 0.15) is 13.3 Å². The predicted molar refractivity (Wildman–Crippen MR) is 44.7 cm³/mol. The molecule has 0 heterocycles. The molecule has 14 heavy (non-hydrogen) atoms. The monoisotopic (exact) mass is 213 g/mol. The van der Waals surface area contributed by atoms with Crippen LogP contribution >= 0.6 is 0 Å². The Hall–Kier alpha value is -0.780. The zero-order valence-electron chi connectivity index (χ0n) is 8.15. The van der Waals surface area contributed by atoms with Gasteiger partial charge >= 0.3 is 12.1 Å². The van der Waals surface area contributed by atoms with Crippen LogP contribution in [0.4, 0.5) is 13.2 Å². The Kier molecular flexibility index (Phi) is 5.52. The minimum atomic E-state index is -4.34. The normalized spacial score (nSPS) is 13.8. The molecule has 0 amide bonds. The van der Waals surface area contributed by atoms with Gasteiger partial charge in [-0.05, 0) is 14.0 Å². The summed E-state index contributed by atoms with van der Waals surface area (Å²) in [6.07, 6.45) is -5.49. The maximum Gasteiger partial charge on any atom is 0.390 e. The number of esters is 1. The molecular formula is C8H14F3NO2. The fourth-order valence-corrected chi connectivity index (χ4v) is 1.02. The molecule has 1 N–H and O–H groups in total. The molecule has 0 aliphatic carbocycles. The van der Waals surface area contributed by atoms with Gasteiger partial charge < -0.3 is 10.1 Å². The standard InChI is InChI=1S/C8H14F3NO2/c1-3-14-7(13)6(5-12-2)4-8(9,10)11/h6,12H,3-5H2,1-2H3. The van der Waals surface area contributed by atoms with Gasteiger partial charge in [-0.3, -0.25) is 4.79 Å². The molecule has 0 bridgehead atoms. The third-order valence-corrected chi connectivity index (χ3v) is 1.55. The van der Waals surface area contributed by atoms with Gasteiger partial charge in [0, 0.05) is 6.54 Å². The van der Waals surface area contributed by atoms with Crippen molar-refractivity contribution >= 4 is 5.97 Å². The van der Waals surface area contributed by atoms with E-state index in [0.29, 0.717) is 0 Å². The highest BCUT2D eigenvalue weighted by Crippen LogP contribution is 2.25. The second kappa shape index (κ2) is 5.85. The van der Waals surface area contributed by atoms with E-state index < -0.39 is 24.5 Å². The maximum atomic E-state index is 12.0. The lowest BCUT2D eigenvalue weighted by Gasteiger charge is -2.16. The molecule has 1 atom stereocenters. The molecule has 0 aliphatic heterocycles. The summed E-state index contributed by atoms with van der Waals surface area (Å²) in [5.41, 5.74) is 0. The molecule has 84 valence electrons. The van der Waals surface area contributed by atoms with Crippen molar-refractivity contribution in [2.75, 3.05) is 20.2 Å². The van der Waals surface area contributed by atoms with E-state index >= 15 is 0 Å². The number of carbonyl (C=O) groups is 1. The van der Waals surface area contributed by atoms with Crippen LogP contribution in [-0.2, 0) is 9.53 Å². The van der Waals surface area contributed by atoms with Crippen LogP contribution in [0.2, 0.25) is 0 Å². The van der Waals surface area contributed by atoms with E-state index in [9.17, 15) is 18.0 Å². The third kappa shape index (κ3) is 5.80. The molecular weight excluding hydrogens is 199 g/mol. The number of hydrogen-bond acceptors (Lipinski definition) is 3. The molecule has 0 saturated heterocycles. The number of rotatable bonds is 5. The fraction of sp³-hybridized carbons (Fsp3) is 0.875. The Morgan fingerprint density at radius 2 is 2.07 bits per heavy atom. The third-order valence-electron chi connectivity index (χ3n) is 1.55. The van der Waals surface area contributed by atoms with E-state index in [1.54, 1.807) is 6.92 Å². The van der Waals surface area contributed by atoms with Crippen molar-refractivity contribution < 1.29 is 22.7 Å². The summed E-state index contributed by atoms with van der Waals surface area (Å²) < 4.78 is 40.5. The topological polar surface area (TPSA) is 38.3 Å². The van der Waals surface area contributed by atoms with Crippen LogP contribution in [-0.4, -0.2) is 32.3 Å². The summed E-state index contributed by atoms with van der Waals surface area (Å²) in [6.45, 7) is 1.62. The van der Waals surface area contributed by atoms with Gasteiger partial charge in [-0.25, -0.2) is 0 Å². The van der Waals surface area contributed by atoms with Crippen molar-refractivity contribution in [1.82, 2.24) is 5.32 Å². The van der Waals surface area contributed by atoms with Crippen LogP contribution in [0.5, 0.6) is 0 Å². The smallest absolute Gasteiger partial charge is 0.390 e. The second-order valence-electron chi connectivity index (χ2n) is 2.83. The number of hydrogen-bond donors (Lipinski definition) is 1. The first kappa shape index (κ1) is 13.2. The Morgan fingerprint density at radius 1 is 1.50 bits per heavy atom. The molecule has 0 fully saturated rings. The van der Waals surface area contributed by atoms with E-state index in [4.69, 9.17) is 0 Å². The number of nitrogens with one attached hydrogen (secondary N) is 1. The molecule has 6 heteroatoms. The Bertz CT molecular complexity index is 182. The Morgan fingerprint density at radius 3 is 2.43 bits per heavy atom. The summed E-state index contributed by atoms with van der Waals surface area (Å²) in [7, 11) is 1.49. The van der Waals surface area contributed by atoms with Crippen LogP contribution in [0.25, 0.3) is 0 Å². The van der Waals surface area contributed by atoms with Gasteiger partial charge in [0.1, 0.15) is 0 Å². The molecule has 0 rings (SSSR count). The van der Waals surface area contributed by atoms with Gasteiger partial charge in [-0.1, -0.05) is 0 Å². The highest BCUT2D eigenvalue weighted by atomic mass is 19.4. The Balaban J connectivity index is 4.21. The molecule has 0 aromatic heterocycles. The van der Waals surface area contributed by atoms with E-state index in [-0.39, 0.29) is 13.2 Å². The maximum absolute atomic E-state index is 12.0. The largest absolute Gasteiger partial charge is 0.466 e. The van der Waals surface area contributed by atoms with Gasteiger partial charge in [-0.2, -0.15) is 13.2 Å². The lowest BCUT2D eigenvalue weighted by atomic mass is 10.1. The molecule has 0 spiro atoms. The predicted octanol–water partition coefficient (Wildman–Crippen LogP) is 1.34. The summed E-state index contributed by atoms with van der Waals surface area (Å²) in [5.74, 6) is -1.96. The summed E-state index contributed by atoms with van der Waals surface area (Å²) >= 11 is 0. The van der Waals surface area contributed by atoms with Gasteiger partial charge in [0.25, 0.3) is 0 Å². The van der Waals surface area contributed by atoms with Gasteiger partial charge in [0.05, 0.1) is 18.9 Å². The Labute approximate surface area is 80.6 Å². The zero-order chi connectivity index (χ0) is 11.2. The van der Waals surface area contributed by atoms with E-state index in [2.05, 4.69) is 10.1 Å². The first-order valence-corrected chi connectivity index (χ1v) is 4.28. The highest BCUT2D eigenvalue weighted by molar-refractivity contribution is 5.72. The van der Waals surface area contributed by atoms with Gasteiger partial charge in [0.15, 0.2) is 0 Å². The van der Waals surface area contributed by atoms with Crippen molar-refractivity contribution in [2.24, 2.45) is 5.92 Å². The fourth-order valence-electron chi connectivity index (χ4n) is 1.02. The first-order chi connectivity index (χ1) is 6.40. The van der Waals surface area contributed by atoms with Gasteiger partial charge in [-0.15, -0.1) is 0 Å². The highest BCUT2D eigenvalue weighted by Gasteiger charge is 2.35. The number of carbonyl (C=O) groups excluding carboxylic acids is 1. The van der Waals surface area contributed by atoms with Crippen molar-refractivity contribution in [3.63, 3.8) is 0 Å². The summed E-state index contributed by atoms with van der Waals surface area (Å²) in [6, 6.07) is 0. The number of halogens is 3. The lowest BCUT2D eigenvalue weighted by Crippen LogP contribution is -2.32. The van der Waals surface area contributed by atoms with Crippen molar-refractivity contribution in [3.05, 3.63) is 0 Å². The van der Waals surface area contributed by atoms with Gasteiger partial charge in [0.2, 0.25) is 0 Å². The number of ether oxygens (including phenoxy) is 1. The second-order valence-corrected chi connectivity index (χ2v) is 2.83. The average molecular weight is 213 g/mol. The first-order valence-electron chi connectivity index (χ1n) is 4.28.